The average molecular weight is 331 g/mol. The lowest BCUT2D eigenvalue weighted by Crippen LogP contribution is -2.45. The summed E-state index contributed by atoms with van der Waals surface area (Å²) in [5.41, 5.74) is 0.998. The lowest BCUT2D eigenvalue weighted by Gasteiger charge is -2.38. The van der Waals surface area contributed by atoms with E-state index in [1.807, 2.05) is 12.1 Å². The van der Waals surface area contributed by atoms with Gasteiger partial charge >= 0.3 is 0 Å². The van der Waals surface area contributed by atoms with Crippen molar-refractivity contribution in [3.63, 3.8) is 0 Å². The summed E-state index contributed by atoms with van der Waals surface area (Å²) in [4.78, 5) is 4.74. The van der Waals surface area contributed by atoms with E-state index in [1.165, 1.54) is 5.56 Å². The molecule has 0 saturated carbocycles. The van der Waals surface area contributed by atoms with Crippen LogP contribution < -0.4 is 15.4 Å². The van der Waals surface area contributed by atoms with Crippen LogP contribution in [-0.2, 0) is 4.74 Å². The number of para-hydroxylation sites is 1. The number of guanidine groups is 1. The smallest absolute Gasteiger partial charge is 0.191 e. The van der Waals surface area contributed by atoms with Crippen molar-refractivity contribution in [3.8, 4) is 5.75 Å². The first-order valence-electron chi connectivity index (χ1n) is 9.02. The molecule has 1 aromatic carbocycles. The Morgan fingerprint density at radius 2 is 2.17 bits per heavy atom. The first kappa shape index (κ1) is 17.1. The molecule has 0 radical (unpaired) electrons. The zero-order valence-electron chi connectivity index (χ0n) is 15.0. The Balaban J connectivity index is 1.74. The quantitative estimate of drug-likeness (QED) is 0.658. The van der Waals surface area contributed by atoms with Crippen molar-refractivity contribution >= 4 is 5.96 Å². The van der Waals surface area contributed by atoms with Crippen molar-refractivity contribution in [3.05, 3.63) is 29.8 Å². The van der Waals surface area contributed by atoms with Crippen LogP contribution in [0.5, 0.6) is 5.75 Å². The van der Waals surface area contributed by atoms with E-state index in [9.17, 15) is 0 Å². The van der Waals surface area contributed by atoms with Crippen molar-refractivity contribution in [2.75, 3.05) is 19.7 Å². The Kier molecular flexibility index (Phi) is 5.29. The largest absolute Gasteiger partial charge is 0.487 e. The first-order chi connectivity index (χ1) is 11.6. The average Bonchev–Trinajstić information content (AvgIpc) is 3.05. The number of aliphatic imine (C=N–C) groups is 1. The molecule has 5 nitrogen and oxygen atoms in total. The van der Waals surface area contributed by atoms with E-state index in [2.05, 4.69) is 43.5 Å². The van der Waals surface area contributed by atoms with Gasteiger partial charge in [0.1, 0.15) is 11.4 Å². The van der Waals surface area contributed by atoms with Crippen LogP contribution >= 0.6 is 0 Å². The van der Waals surface area contributed by atoms with Gasteiger partial charge in [0.25, 0.3) is 0 Å². The van der Waals surface area contributed by atoms with Gasteiger partial charge in [-0.3, -0.25) is 4.99 Å². The molecule has 2 atom stereocenters. The number of fused-ring (bicyclic) bond motifs is 1. The lowest BCUT2D eigenvalue weighted by molar-refractivity contribution is 0.0693. The van der Waals surface area contributed by atoms with Crippen LogP contribution in [0.2, 0.25) is 0 Å². The van der Waals surface area contributed by atoms with E-state index >= 15 is 0 Å². The van der Waals surface area contributed by atoms with E-state index in [1.54, 1.807) is 0 Å². The number of hydrogen-bond donors (Lipinski definition) is 2. The number of nitrogens with zero attached hydrogens (tertiary/aromatic N) is 1. The van der Waals surface area contributed by atoms with E-state index in [0.717, 1.165) is 44.1 Å². The molecular weight excluding hydrogens is 302 g/mol. The standard InChI is InChI=1S/C19H29N3O2/c1-4-20-18(21-13-14-8-7-11-23-14)22-16-12-19(2,3)24-17-10-6-5-9-15(16)17/h5-6,9-10,14,16H,4,7-8,11-13H2,1-3H3,(H2,20,21,22). The number of benzene rings is 1. The molecule has 1 fully saturated rings. The molecule has 3 rings (SSSR count). The van der Waals surface area contributed by atoms with Crippen molar-refractivity contribution < 1.29 is 9.47 Å². The number of ether oxygens (including phenoxy) is 2. The van der Waals surface area contributed by atoms with Gasteiger partial charge in [0.05, 0.1) is 18.7 Å². The minimum Gasteiger partial charge on any atom is -0.487 e. The molecule has 0 aliphatic carbocycles. The highest BCUT2D eigenvalue weighted by Crippen LogP contribution is 2.39. The highest BCUT2D eigenvalue weighted by Gasteiger charge is 2.34. The van der Waals surface area contributed by atoms with E-state index in [-0.39, 0.29) is 17.7 Å². The summed E-state index contributed by atoms with van der Waals surface area (Å²) < 4.78 is 11.8. The summed E-state index contributed by atoms with van der Waals surface area (Å²) in [6, 6.07) is 8.44. The third-order valence-electron chi connectivity index (χ3n) is 4.51. The van der Waals surface area contributed by atoms with Gasteiger partial charge in [-0.05, 0) is 39.7 Å². The minimum atomic E-state index is -0.197. The molecule has 1 aromatic rings. The molecule has 5 heteroatoms. The van der Waals surface area contributed by atoms with Crippen molar-refractivity contribution in [1.29, 1.82) is 0 Å². The third kappa shape index (κ3) is 4.20. The van der Waals surface area contributed by atoms with Gasteiger partial charge in [-0.25, -0.2) is 0 Å². The molecular formula is C19H29N3O2. The zero-order valence-corrected chi connectivity index (χ0v) is 15.0. The second-order valence-corrected chi connectivity index (χ2v) is 7.16. The van der Waals surface area contributed by atoms with E-state index in [4.69, 9.17) is 14.5 Å². The molecule has 0 spiro atoms. The number of hydrogen-bond acceptors (Lipinski definition) is 3. The van der Waals surface area contributed by atoms with Crippen molar-refractivity contribution in [1.82, 2.24) is 10.6 Å². The zero-order chi connectivity index (χ0) is 17.0. The minimum absolute atomic E-state index is 0.187. The van der Waals surface area contributed by atoms with E-state index in [0.29, 0.717) is 6.54 Å². The fourth-order valence-electron chi connectivity index (χ4n) is 3.40. The Morgan fingerprint density at radius 1 is 1.33 bits per heavy atom. The van der Waals surface area contributed by atoms with Gasteiger partial charge in [-0.1, -0.05) is 18.2 Å². The fourth-order valence-corrected chi connectivity index (χ4v) is 3.40. The van der Waals surface area contributed by atoms with Gasteiger partial charge in [-0.15, -0.1) is 0 Å². The van der Waals surface area contributed by atoms with Crippen LogP contribution in [0.4, 0.5) is 0 Å². The molecule has 0 aromatic heterocycles. The molecule has 24 heavy (non-hydrogen) atoms. The summed E-state index contributed by atoms with van der Waals surface area (Å²) in [5.74, 6) is 1.81. The highest BCUT2D eigenvalue weighted by molar-refractivity contribution is 5.80. The molecule has 2 N–H and O–H groups in total. The molecule has 2 aliphatic rings. The second-order valence-electron chi connectivity index (χ2n) is 7.16. The predicted molar refractivity (Wildman–Crippen MR) is 96.6 cm³/mol. The Morgan fingerprint density at radius 3 is 2.92 bits per heavy atom. The normalized spacial score (nSPS) is 25.7. The number of nitrogens with one attached hydrogen (secondary N) is 2. The maximum Gasteiger partial charge on any atom is 0.191 e. The van der Waals surface area contributed by atoms with Gasteiger partial charge in [-0.2, -0.15) is 0 Å². The van der Waals surface area contributed by atoms with Gasteiger partial charge in [0, 0.05) is 25.1 Å². The summed E-state index contributed by atoms with van der Waals surface area (Å²) in [6.45, 7) is 8.77. The van der Waals surface area contributed by atoms with Crippen LogP contribution in [-0.4, -0.2) is 37.4 Å². The molecule has 132 valence electrons. The van der Waals surface area contributed by atoms with Crippen LogP contribution in [0.1, 0.15) is 51.6 Å². The van der Waals surface area contributed by atoms with Crippen LogP contribution in [0.25, 0.3) is 0 Å². The maximum absolute atomic E-state index is 6.11. The van der Waals surface area contributed by atoms with Crippen LogP contribution in [0, 0.1) is 0 Å². The Bertz CT molecular complexity index is 580. The van der Waals surface area contributed by atoms with Crippen molar-refractivity contribution in [2.24, 2.45) is 4.99 Å². The fraction of sp³-hybridized carbons (Fsp3) is 0.632. The predicted octanol–water partition coefficient (Wildman–Crippen LogP) is 3.02. The first-order valence-corrected chi connectivity index (χ1v) is 9.02. The molecule has 2 aliphatic heterocycles. The molecule has 0 bridgehead atoms. The molecule has 2 unspecified atom stereocenters. The van der Waals surface area contributed by atoms with Crippen LogP contribution in [0.3, 0.4) is 0 Å². The molecule has 1 saturated heterocycles. The third-order valence-corrected chi connectivity index (χ3v) is 4.51. The highest BCUT2D eigenvalue weighted by atomic mass is 16.5. The summed E-state index contributed by atoms with van der Waals surface area (Å²) in [7, 11) is 0. The number of rotatable bonds is 4. The summed E-state index contributed by atoms with van der Waals surface area (Å²) in [5, 5.41) is 6.95. The van der Waals surface area contributed by atoms with Gasteiger partial charge in [0.2, 0.25) is 0 Å². The Labute approximate surface area is 144 Å². The van der Waals surface area contributed by atoms with E-state index < -0.39 is 0 Å². The molecule has 0 amide bonds. The SMILES string of the molecule is CCNC(=NCC1CCCO1)NC1CC(C)(C)Oc2ccccc21. The topological polar surface area (TPSA) is 54.9 Å². The molecule has 2 heterocycles. The van der Waals surface area contributed by atoms with Gasteiger partial charge < -0.3 is 20.1 Å². The lowest BCUT2D eigenvalue weighted by atomic mass is 9.90. The summed E-state index contributed by atoms with van der Waals surface area (Å²) >= 11 is 0. The second kappa shape index (κ2) is 7.43. The maximum atomic E-state index is 6.11. The Hall–Kier alpha value is -1.75. The monoisotopic (exact) mass is 331 g/mol. The van der Waals surface area contributed by atoms with Crippen LogP contribution in [0.15, 0.2) is 29.3 Å². The van der Waals surface area contributed by atoms with Gasteiger partial charge in [0.15, 0.2) is 5.96 Å². The van der Waals surface area contributed by atoms with Crippen molar-refractivity contribution in [2.45, 2.75) is 57.8 Å². The summed E-state index contributed by atoms with van der Waals surface area (Å²) in [6.07, 6.45) is 3.41.